The predicted octanol–water partition coefficient (Wildman–Crippen LogP) is 2.99. The van der Waals surface area contributed by atoms with Crippen molar-refractivity contribution in [1.29, 1.82) is 0 Å². The summed E-state index contributed by atoms with van der Waals surface area (Å²) in [7, 11) is 0. The normalized spacial score (nSPS) is 22.4. The van der Waals surface area contributed by atoms with Crippen LogP contribution in [0.3, 0.4) is 0 Å². The van der Waals surface area contributed by atoms with Gasteiger partial charge in [0.1, 0.15) is 5.82 Å². The van der Waals surface area contributed by atoms with Crippen molar-refractivity contribution in [3.05, 3.63) is 35.1 Å². The lowest BCUT2D eigenvalue weighted by molar-refractivity contribution is 0.545. The SMILES string of the molecule is Cc1ccc(F)c(C2CCCNCC2)c1. The minimum absolute atomic E-state index is 0.0347. The first-order valence-electron chi connectivity index (χ1n) is 5.74. The van der Waals surface area contributed by atoms with Crippen LogP contribution < -0.4 is 5.32 Å². The van der Waals surface area contributed by atoms with Crippen molar-refractivity contribution in [2.75, 3.05) is 13.1 Å². The van der Waals surface area contributed by atoms with E-state index < -0.39 is 0 Å². The number of hydrogen-bond donors (Lipinski definition) is 1. The third-order valence-electron chi connectivity index (χ3n) is 3.17. The Balaban J connectivity index is 2.22. The van der Waals surface area contributed by atoms with Gasteiger partial charge < -0.3 is 5.32 Å². The maximum Gasteiger partial charge on any atom is 0.126 e. The van der Waals surface area contributed by atoms with Gasteiger partial charge in [0.2, 0.25) is 0 Å². The Hall–Kier alpha value is -0.890. The Morgan fingerprint density at radius 2 is 2.13 bits per heavy atom. The van der Waals surface area contributed by atoms with Gasteiger partial charge in [-0.1, -0.05) is 17.7 Å². The van der Waals surface area contributed by atoms with Gasteiger partial charge in [-0.25, -0.2) is 4.39 Å². The molecule has 1 heterocycles. The fourth-order valence-electron chi connectivity index (χ4n) is 2.31. The van der Waals surface area contributed by atoms with E-state index in [0.717, 1.165) is 43.5 Å². The van der Waals surface area contributed by atoms with Crippen LogP contribution in [0.15, 0.2) is 18.2 Å². The molecule has 1 aromatic rings. The second kappa shape index (κ2) is 4.75. The predicted molar refractivity (Wildman–Crippen MR) is 60.6 cm³/mol. The molecule has 0 amide bonds. The molecule has 1 nitrogen and oxygen atoms in total. The number of rotatable bonds is 1. The van der Waals surface area contributed by atoms with E-state index in [4.69, 9.17) is 0 Å². The molecule has 0 spiro atoms. The fraction of sp³-hybridized carbons (Fsp3) is 0.538. The highest BCUT2D eigenvalue weighted by molar-refractivity contribution is 5.27. The molecule has 1 unspecified atom stereocenters. The second-order valence-corrected chi connectivity index (χ2v) is 4.40. The van der Waals surface area contributed by atoms with E-state index in [1.165, 1.54) is 0 Å². The van der Waals surface area contributed by atoms with E-state index in [9.17, 15) is 4.39 Å². The first-order valence-corrected chi connectivity index (χ1v) is 5.74. The summed E-state index contributed by atoms with van der Waals surface area (Å²) in [6.07, 6.45) is 3.31. The van der Waals surface area contributed by atoms with Gasteiger partial charge in [-0.05, 0) is 56.8 Å². The number of aryl methyl sites for hydroxylation is 1. The fourth-order valence-corrected chi connectivity index (χ4v) is 2.31. The van der Waals surface area contributed by atoms with E-state index in [-0.39, 0.29) is 5.82 Å². The minimum atomic E-state index is -0.0347. The smallest absolute Gasteiger partial charge is 0.126 e. The van der Waals surface area contributed by atoms with Crippen LogP contribution >= 0.6 is 0 Å². The Labute approximate surface area is 90.7 Å². The number of hydrogen-bond acceptors (Lipinski definition) is 1. The molecular weight excluding hydrogens is 189 g/mol. The zero-order chi connectivity index (χ0) is 10.7. The number of benzene rings is 1. The molecule has 0 aliphatic carbocycles. The highest BCUT2D eigenvalue weighted by atomic mass is 19.1. The molecule has 0 saturated carbocycles. The van der Waals surface area contributed by atoms with Crippen LogP contribution in [0.1, 0.15) is 36.3 Å². The van der Waals surface area contributed by atoms with Crippen molar-refractivity contribution in [3.63, 3.8) is 0 Å². The monoisotopic (exact) mass is 207 g/mol. The average Bonchev–Trinajstić information content (AvgIpc) is 2.50. The topological polar surface area (TPSA) is 12.0 Å². The third-order valence-corrected chi connectivity index (χ3v) is 3.17. The van der Waals surface area contributed by atoms with E-state index in [2.05, 4.69) is 5.32 Å². The average molecular weight is 207 g/mol. The lowest BCUT2D eigenvalue weighted by Gasteiger charge is -2.15. The van der Waals surface area contributed by atoms with E-state index >= 15 is 0 Å². The number of nitrogens with one attached hydrogen (secondary N) is 1. The lowest BCUT2D eigenvalue weighted by atomic mass is 9.91. The Kier molecular flexibility index (Phi) is 3.37. The van der Waals surface area contributed by atoms with Crippen LogP contribution in [0, 0.1) is 12.7 Å². The van der Waals surface area contributed by atoms with Gasteiger partial charge >= 0.3 is 0 Å². The molecule has 2 heteroatoms. The zero-order valence-corrected chi connectivity index (χ0v) is 9.22. The van der Waals surface area contributed by atoms with Crippen LogP contribution in [0.2, 0.25) is 0 Å². The van der Waals surface area contributed by atoms with Gasteiger partial charge in [0.25, 0.3) is 0 Å². The highest BCUT2D eigenvalue weighted by Crippen LogP contribution is 2.28. The summed E-state index contributed by atoms with van der Waals surface area (Å²) < 4.78 is 13.7. The molecule has 82 valence electrons. The van der Waals surface area contributed by atoms with E-state index in [1.807, 2.05) is 19.1 Å². The third kappa shape index (κ3) is 2.57. The minimum Gasteiger partial charge on any atom is -0.317 e. The summed E-state index contributed by atoms with van der Waals surface area (Å²) in [6, 6.07) is 5.45. The van der Waals surface area contributed by atoms with Crippen LogP contribution in [0.4, 0.5) is 4.39 Å². The summed E-state index contributed by atoms with van der Waals surface area (Å²) >= 11 is 0. The Bertz CT molecular complexity index is 327. The van der Waals surface area contributed by atoms with Crippen molar-refractivity contribution in [2.45, 2.75) is 32.1 Å². The van der Waals surface area contributed by atoms with Crippen molar-refractivity contribution in [3.8, 4) is 0 Å². The van der Waals surface area contributed by atoms with Crippen LogP contribution in [0.5, 0.6) is 0 Å². The molecule has 0 bridgehead atoms. The van der Waals surface area contributed by atoms with Crippen molar-refractivity contribution < 1.29 is 4.39 Å². The molecule has 1 N–H and O–H groups in total. The van der Waals surface area contributed by atoms with Gasteiger partial charge in [0.05, 0.1) is 0 Å². The quantitative estimate of drug-likeness (QED) is 0.746. The van der Waals surface area contributed by atoms with E-state index in [1.54, 1.807) is 6.07 Å². The van der Waals surface area contributed by atoms with Gasteiger partial charge in [-0.3, -0.25) is 0 Å². The van der Waals surface area contributed by atoms with Crippen LogP contribution in [0.25, 0.3) is 0 Å². The maximum absolute atomic E-state index is 13.7. The molecule has 1 aromatic carbocycles. The highest BCUT2D eigenvalue weighted by Gasteiger charge is 2.17. The molecule has 1 atom stereocenters. The standard InChI is InChI=1S/C13H18FN/c1-10-4-5-13(14)12(9-10)11-3-2-7-15-8-6-11/h4-5,9,11,15H,2-3,6-8H2,1H3. The van der Waals surface area contributed by atoms with Crippen molar-refractivity contribution in [2.24, 2.45) is 0 Å². The van der Waals surface area contributed by atoms with Crippen LogP contribution in [-0.4, -0.2) is 13.1 Å². The molecule has 0 radical (unpaired) electrons. The molecule has 2 rings (SSSR count). The first-order chi connectivity index (χ1) is 7.27. The van der Waals surface area contributed by atoms with Gasteiger partial charge in [-0.2, -0.15) is 0 Å². The molecule has 15 heavy (non-hydrogen) atoms. The molecule has 1 aliphatic heterocycles. The van der Waals surface area contributed by atoms with Gasteiger partial charge in [0.15, 0.2) is 0 Å². The summed E-state index contributed by atoms with van der Waals surface area (Å²) in [4.78, 5) is 0. The summed E-state index contributed by atoms with van der Waals surface area (Å²) in [6.45, 7) is 4.11. The van der Waals surface area contributed by atoms with Gasteiger partial charge in [-0.15, -0.1) is 0 Å². The Morgan fingerprint density at radius 3 is 3.00 bits per heavy atom. The lowest BCUT2D eigenvalue weighted by Crippen LogP contribution is -2.14. The molecule has 1 saturated heterocycles. The molecule has 1 aliphatic rings. The summed E-state index contributed by atoms with van der Waals surface area (Å²) in [5.74, 6) is 0.368. The van der Waals surface area contributed by atoms with Gasteiger partial charge in [0, 0.05) is 0 Å². The maximum atomic E-state index is 13.7. The summed E-state index contributed by atoms with van der Waals surface area (Å²) in [5, 5.41) is 3.36. The largest absolute Gasteiger partial charge is 0.317 e. The molecule has 1 fully saturated rings. The van der Waals surface area contributed by atoms with Crippen molar-refractivity contribution in [1.82, 2.24) is 5.32 Å². The second-order valence-electron chi connectivity index (χ2n) is 4.40. The van der Waals surface area contributed by atoms with Crippen LogP contribution in [-0.2, 0) is 0 Å². The van der Waals surface area contributed by atoms with E-state index in [0.29, 0.717) is 5.92 Å². The molecule has 0 aromatic heterocycles. The molecular formula is C13H18FN. The zero-order valence-electron chi connectivity index (χ0n) is 9.22. The number of halogens is 1. The first kappa shape index (κ1) is 10.6. The van der Waals surface area contributed by atoms with Crippen molar-refractivity contribution >= 4 is 0 Å². The summed E-state index contributed by atoms with van der Waals surface area (Å²) in [5.41, 5.74) is 2.07. The Morgan fingerprint density at radius 1 is 1.27 bits per heavy atom.